The number of aromatic amines is 1. The van der Waals surface area contributed by atoms with Crippen LogP contribution >= 0.6 is 11.6 Å². The summed E-state index contributed by atoms with van der Waals surface area (Å²) in [6.07, 6.45) is 0. The quantitative estimate of drug-likeness (QED) is 0.808. The molecule has 0 atom stereocenters. The molecule has 1 aromatic heterocycles. The van der Waals surface area contributed by atoms with Crippen LogP contribution in [-0.2, 0) is 0 Å². The van der Waals surface area contributed by atoms with Crippen molar-refractivity contribution in [2.45, 2.75) is 0 Å². The number of rotatable bonds is 1. The highest BCUT2D eigenvalue weighted by Gasteiger charge is 2.05. The summed E-state index contributed by atoms with van der Waals surface area (Å²) in [5.41, 5.74) is 0.783. The number of benzene rings is 1. The van der Waals surface area contributed by atoms with E-state index in [2.05, 4.69) is 10.2 Å². The van der Waals surface area contributed by atoms with E-state index in [0.29, 0.717) is 11.3 Å². The van der Waals surface area contributed by atoms with E-state index >= 15 is 0 Å². The third-order valence-electron chi connectivity index (χ3n) is 1.89. The Hall–Kier alpha value is -1.68. The molecule has 0 spiro atoms. The zero-order chi connectivity index (χ0) is 10.8. The zero-order valence-corrected chi connectivity index (χ0v) is 8.25. The lowest BCUT2D eigenvalue weighted by Crippen LogP contribution is -2.05. The van der Waals surface area contributed by atoms with Crippen LogP contribution in [0, 0.1) is 5.82 Å². The van der Waals surface area contributed by atoms with Crippen molar-refractivity contribution in [2.24, 2.45) is 0 Å². The summed E-state index contributed by atoms with van der Waals surface area (Å²) < 4.78 is 12.8. The van der Waals surface area contributed by atoms with Crippen molar-refractivity contribution in [3.8, 4) is 11.3 Å². The fourth-order valence-corrected chi connectivity index (χ4v) is 1.46. The highest BCUT2D eigenvalue weighted by molar-refractivity contribution is 6.33. The lowest BCUT2D eigenvalue weighted by Gasteiger charge is -2.02. The Morgan fingerprint density at radius 3 is 2.67 bits per heavy atom. The van der Waals surface area contributed by atoms with Gasteiger partial charge in [0.15, 0.2) is 0 Å². The first-order valence-corrected chi connectivity index (χ1v) is 4.56. The van der Waals surface area contributed by atoms with Gasteiger partial charge in [-0.15, -0.1) is 0 Å². The van der Waals surface area contributed by atoms with E-state index < -0.39 is 5.82 Å². The Kier molecular flexibility index (Phi) is 2.51. The van der Waals surface area contributed by atoms with Crippen LogP contribution in [0.4, 0.5) is 4.39 Å². The molecule has 2 aromatic rings. The molecule has 15 heavy (non-hydrogen) atoms. The van der Waals surface area contributed by atoms with Crippen molar-refractivity contribution in [1.82, 2.24) is 10.2 Å². The van der Waals surface area contributed by atoms with Gasteiger partial charge in [0.25, 0.3) is 5.56 Å². The number of halogens is 2. The molecule has 0 saturated heterocycles. The minimum Gasteiger partial charge on any atom is -0.268 e. The lowest BCUT2D eigenvalue weighted by molar-refractivity contribution is 0.628. The smallest absolute Gasteiger partial charge is 0.264 e. The van der Waals surface area contributed by atoms with Crippen LogP contribution in [0.2, 0.25) is 5.02 Å². The molecule has 76 valence electrons. The molecule has 0 aliphatic heterocycles. The first-order valence-electron chi connectivity index (χ1n) is 4.18. The Bertz CT molecular complexity index is 533. The first-order chi connectivity index (χ1) is 7.16. The van der Waals surface area contributed by atoms with E-state index in [0.717, 1.165) is 0 Å². The van der Waals surface area contributed by atoms with Crippen molar-refractivity contribution in [2.75, 3.05) is 0 Å². The molecule has 0 amide bonds. The van der Waals surface area contributed by atoms with E-state index in [4.69, 9.17) is 11.6 Å². The van der Waals surface area contributed by atoms with E-state index in [-0.39, 0.29) is 10.6 Å². The van der Waals surface area contributed by atoms with Gasteiger partial charge in [-0.25, -0.2) is 9.49 Å². The van der Waals surface area contributed by atoms with Gasteiger partial charge < -0.3 is 0 Å². The molecule has 3 nitrogen and oxygen atoms in total. The summed E-state index contributed by atoms with van der Waals surface area (Å²) in [6.45, 7) is 0. The van der Waals surface area contributed by atoms with Gasteiger partial charge in [-0.3, -0.25) is 4.79 Å². The van der Waals surface area contributed by atoms with E-state index in [1.807, 2.05) is 0 Å². The fourth-order valence-electron chi connectivity index (χ4n) is 1.19. The molecule has 0 saturated carbocycles. The van der Waals surface area contributed by atoms with Gasteiger partial charge in [-0.2, -0.15) is 5.10 Å². The standard InChI is InChI=1S/C10H6ClFN2O/c11-8-5-6(12)1-2-7(8)9-3-4-10(15)14-13-9/h1-5H,(H,14,15). The number of H-pyrrole nitrogens is 1. The molecule has 0 bridgehead atoms. The van der Waals surface area contributed by atoms with E-state index in [9.17, 15) is 9.18 Å². The van der Waals surface area contributed by atoms with Crippen molar-refractivity contribution in [3.63, 3.8) is 0 Å². The maximum atomic E-state index is 12.8. The molecule has 1 N–H and O–H groups in total. The van der Waals surface area contributed by atoms with E-state index in [1.54, 1.807) is 0 Å². The average Bonchev–Trinajstić information content (AvgIpc) is 2.20. The van der Waals surface area contributed by atoms with Gasteiger partial charge in [-0.05, 0) is 24.3 Å². The SMILES string of the molecule is O=c1ccc(-c2ccc(F)cc2Cl)n[nH]1. The fraction of sp³-hybridized carbons (Fsp3) is 0. The molecule has 2 rings (SSSR count). The van der Waals surface area contributed by atoms with E-state index in [1.165, 1.54) is 30.3 Å². The normalized spacial score (nSPS) is 10.3. The average molecular weight is 225 g/mol. The van der Waals surface area contributed by atoms with Gasteiger partial charge >= 0.3 is 0 Å². The van der Waals surface area contributed by atoms with Gasteiger partial charge in [0.1, 0.15) is 5.82 Å². The second-order valence-corrected chi connectivity index (χ2v) is 3.34. The predicted molar refractivity (Wildman–Crippen MR) is 55.3 cm³/mol. The van der Waals surface area contributed by atoms with Gasteiger partial charge in [0.2, 0.25) is 0 Å². The Morgan fingerprint density at radius 2 is 2.07 bits per heavy atom. The molecule has 0 fully saturated rings. The molecule has 0 aliphatic carbocycles. The number of nitrogens with one attached hydrogen (secondary N) is 1. The maximum Gasteiger partial charge on any atom is 0.264 e. The zero-order valence-electron chi connectivity index (χ0n) is 7.50. The molecule has 0 unspecified atom stereocenters. The Labute approximate surface area is 89.5 Å². The van der Waals surface area contributed by atoms with Crippen LogP contribution in [0.5, 0.6) is 0 Å². The summed E-state index contributed by atoms with van der Waals surface area (Å²) in [7, 11) is 0. The van der Waals surface area contributed by atoms with Crippen LogP contribution < -0.4 is 5.56 Å². The number of nitrogens with zero attached hydrogens (tertiary/aromatic N) is 1. The van der Waals surface area contributed by atoms with Gasteiger partial charge in [0, 0.05) is 11.6 Å². The van der Waals surface area contributed by atoms with Crippen LogP contribution in [0.1, 0.15) is 0 Å². The highest BCUT2D eigenvalue weighted by atomic mass is 35.5. The molecular formula is C10H6ClFN2O. The monoisotopic (exact) mass is 224 g/mol. The Balaban J connectivity index is 2.54. The lowest BCUT2D eigenvalue weighted by atomic mass is 10.1. The van der Waals surface area contributed by atoms with Crippen LogP contribution in [0.15, 0.2) is 35.1 Å². The summed E-state index contributed by atoms with van der Waals surface area (Å²) in [6, 6.07) is 6.86. The van der Waals surface area contributed by atoms with Crippen molar-refractivity contribution in [3.05, 3.63) is 51.5 Å². The van der Waals surface area contributed by atoms with Crippen molar-refractivity contribution >= 4 is 11.6 Å². The molecular weight excluding hydrogens is 219 g/mol. The largest absolute Gasteiger partial charge is 0.268 e. The summed E-state index contributed by atoms with van der Waals surface area (Å²) in [5, 5.41) is 6.34. The molecule has 1 heterocycles. The third kappa shape index (κ3) is 2.05. The third-order valence-corrected chi connectivity index (χ3v) is 2.20. The van der Waals surface area contributed by atoms with Crippen molar-refractivity contribution in [1.29, 1.82) is 0 Å². The second-order valence-electron chi connectivity index (χ2n) is 2.93. The molecule has 0 radical (unpaired) electrons. The minimum absolute atomic E-state index is 0.259. The highest BCUT2D eigenvalue weighted by Crippen LogP contribution is 2.25. The van der Waals surface area contributed by atoms with Gasteiger partial charge in [-0.1, -0.05) is 11.6 Å². The number of hydrogen-bond acceptors (Lipinski definition) is 2. The summed E-state index contributed by atoms with van der Waals surface area (Å²) >= 11 is 5.83. The first kappa shape index (κ1) is 9.86. The maximum absolute atomic E-state index is 12.8. The van der Waals surface area contributed by atoms with Crippen LogP contribution in [0.25, 0.3) is 11.3 Å². The minimum atomic E-state index is -0.409. The van der Waals surface area contributed by atoms with Crippen molar-refractivity contribution < 1.29 is 4.39 Å². The molecule has 0 aliphatic rings. The summed E-state index contributed by atoms with van der Waals surface area (Å²) in [5.74, 6) is -0.409. The van der Waals surface area contributed by atoms with Crippen LogP contribution in [-0.4, -0.2) is 10.2 Å². The van der Waals surface area contributed by atoms with Gasteiger partial charge in [0.05, 0.1) is 10.7 Å². The number of aromatic nitrogens is 2. The Morgan fingerprint density at radius 1 is 1.27 bits per heavy atom. The topological polar surface area (TPSA) is 45.8 Å². The molecule has 5 heteroatoms. The molecule has 1 aromatic carbocycles. The number of hydrogen-bond donors (Lipinski definition) is 1. The summed E-state index contributed by atoms with van der Waals surface area (Å²) in [4.78, 5) is 10.8. The second kappa shape index (κ2) is 3.82. The van der Waals surface area contributed by atoms with Crippen LogP contribution in [0.3, 0.4) is 0 Å². The predicted octanol–water partition coefficient (Wildman–Crippen LogP) is 2.23.